The van der Waals surface area contributed by atoms with Crippen LogP contribution in [-0.2, 0) is 4.74 Å². The van der Waals surface area contributed by atoms with E-state index in [0.29, 0.717) is 5.41 Å². The minimum atomic E-state index is 0.413. The van der Waals surface area contributed by atoms with Gasteiger partial charge in [0.15, 0.2) is 0 Å². The van der Waals surface area contributed by atoms with Gasteiger partial charge in [0.1, 0.15) is 0 Å². The highest BCUT2D eigenvalue weighted by Gasteiger charge is 2.27. The molecule has 0 amide bonds. The van der Waals surface area contributed by atoms with Gasteiger partial charge in [-0.15, -0.1) is 0 Å². The lowest BCUT2D eigenvalue weighted by molar-refractivity contribution is 0.0642. The van der Waals surface area contributed by atoms with Crippen molar-refractivity contribution in [1.29, 1.82) is 0 Å². The van der Waals surface area contributed by atoms with Gasteiger partial charge in [0.25, 0.3) is 0 Å². The van der Waals surface area contributed by atoms with Crippen molar-refractivity contribution in [3.8, 4) is 0 Å². The molecule has 0 aromatic rings. The fourth-order valence-electron chi connectivity index (χ4n) is 1.54. The quantitative estimate of drug-likeness (QED) is 0.654. The average molecular weight is 157 g/mol. The molecule has 0 aromatic carbocycles. The van der Waals surface area contributed by atoms with Crippen LogP contribution in [-0.4, -0.2) is 26.3 Å². The Morgan fingerprint density at radius 2 is 2.09 bits per heavy atom. The Kier molecular flexibility index (Phi) is 3.34. The average Bonchev–Trinajstić information content (AvgIpc) is 2.30. The molecule has 2 nitrogen and oxygen atoms in total. The molecule has 1 aliphatic rings. The van der Waals surface area contributed by atoms with E-state index in [1.807, 2.05) is 0 Å². The van der Waals surface area contributed by atoms with Crippen LogP contribution in [0.15, 0.2) is 0 Å². The molecule has 0 spiro atoms. The molecule has 0 aliphatic carbocycles. The normalized spacial score (nSPS) is 24.5. The molecule has 1 rings (SSSR count). The molecule has 0 bridgehead atoms. The van der Waals surface area contributed by atoms with Gasteiger partial charge in [0.05, 0.1) is 13.2 Å². The third-order valence-electron chi connectivity index (χ3n) is 2.83. The van der Waals surface area contributed by atoms with E-state index in [1.165, 1.54) is 12.8 Å². The van der Waals surface area contributed by atoms with E-state index in [2.05, 4.69) is 19.2 Å². The Balaban J connectivity index is 2.49. The van der Waals surface area contributed by atoms with Crippen LogP contribution in [0.3, 0.4) is 0 Å². The summed E-state index contributed by atoms with van der Waals surface area (Å²) in [5.41, 5.74) is 0.413. The highest BCUT2D eigenvalue weighted by atomic mass is 16.5. The Hall–Kier alpha value is -0.0800. The molecule has 1 aliphatic heterocycles. The predicted molar refractivity (Wildman–Crippen MR) is 46.7 cm³/mol. The van der Waals surface area contributed by atoms with Crippen molar-refractivity contribution in [3.05, 3.63) is 0 Å². The van der Waals surface area contributed by atoms with E-state index in [4.69, 9.17) is 4.74 Å². The minimum Gasteiger partial charge on any atom is -0.380 e. The summed E-state index contributed by atoms with van der Waals surface area (Å²) >= 11 is 0. The van der Waals surface area contributed by atoms with Gasteiger partial charge in [0.2, 0.25) is 0 Å². The molecule has 1 heterocycles. The summed E-state index contributed by atoms with van der Waals surface area (Å²) < 4.78 is 5.53. The largest absolute Gasteiger partial charge is 0.380 e. The molecule has 1 N–H and O–H groups in total. The highest BCUT2D eigenvalue weighted by Crippen LogP contribution is 2.26. The van der Waals surface area contributed by atoms with Gasteiger partial charge in [-0.2, -0.15) is 0 Å². The van der Waals surface area contributed by atoms with Crippen LogP contribution < -0.4 is 5.32 Å². The first-order chi connectivity index (χ1) is 5.33. The number of hydrogen-bond donors (Lipinski definition) is 1. The van der Waals surface area contributed by atoms with Crippen molar-refractivity contribution >= 4 is 0 Å². The van der Waals surface area contributed by atoms with Crippen molar-refractivity contribution < 1.29 is 4.74 Å². The van der Waals surface area contributed by atoms with Gasteiger partial charge >= 0.3 is 0 Å². The van der Waals surface area contributed by atoms with Crippen molar-refractivity contribution in [3.63, 3.8) is 0 Å². The molecule has 0 radical (unpaired) electrons. The van der Waals surface area contributed by atoms with Gasteiger partial charge in [-0.25, -0.2) is 0 Å². The van der Waals surface area contributed by atoms with Crippen LogP contribution >= 0.6 is 0 Å². The molecule has 0 saturated carbocycles. The fraction of sp³-hybridized carbons (Fsp3) is 1.00. The lowest BCUT2D eigenvalue weighted by Gasteiger charge is -2.28. The van der Waals surface area contributed by atoms with Gasteiger partial charge in [-0.05, 0) is 12.8 Å². The lowest BCUT2D eigenvalue weighted by atomic mass is 9.83. The Morgan fingerprint density at radius 3 is 2.73 bits per heavy atom. The Bertz CT molecular complexity index is 100. The van der Waals surface area contributed by atoms with E-state index in [-0.39, 0.29) is 0 Å². The van der Waals surface area contributed by atoms with Crippen LogP contribution in [0, 0.1) is 5.41 Å². The summed E-state index contributed by atoms with van der Waals surface area (Å²) in [5, 5.41) is 3.42. The standard InChI is InChI=1S/C9H19NO/c1-3-9(4-2)7-10-5-6-11-8-9/h10H,3-8H2,1-2H3. The maximum Gasteiger partial charge on any atom is 0.0591 e. The molecule has 1 fully saturated rings. The molecule has 1 saturated heterocycles. The van der Waals surface area contributed by atoms with Crippen LogP contribution in [0.25, 0.3) is 0 Å². The molecule has 11 heavy (non-hydrogen) atoms. The number of hydrogen-bond acceptors (Lipinski definition) is 2. The van der Waals surface area contributed by atoms with Crippen LogP contribution in [0.1, 0.15) is 26.7 Å². The molecule has 66 valence electrons. The van der Waals surface area contributed by atoms with Crippen molar-refractivity contribution in [2.75, 3.05) is 26.3 Å². The van der Waals surface area contributed by atoms with E-state index >= 15 is 0 Å². The van der Waals surface area contributed by atoms with Crippen LogP contribution in [0.5, 0.6) is 0 Å². The summed E-state index contributed by atoms with van der Waals surface area (Å²) in [7, 11) is 0. The van der Waals surface area contributed by atoms with Gasteiger partial charge in [-0.3, -0.25) is 0 Å². The Labute approximate surface area is 69.3 Å². The van der Waals surface area contributed by atoms with Crippen molar-refractivity contribution in [2.45, 2.75) is 26.7 Å². The first-order valence-corrected chi connectivity index (χ1v) is 4.61. The first-order valence-electron chi connectivity index (χ1n) is 4.61. The van der Waals surface area contributed by atoms with E-state index in [0.717, 1.165) is 26.3 Å². The second-order valence-corrected chi connectivity index (χ2v) is 3.44. The molecular weight excluding hydrogens is 138 g/mol. The van der Waals surface area contributed by atoms with Crippen LogP contribution in [0.4, 0.5) is 0 Å². The second kappa shape index (κ2) is 4.07. The zero-order chi connectivity index (χ0) is 8.16. The summed E-state index contributed by atoms with van der Waals surface area (Å²) in [6, 6.07) is 0. The van der Waals surface area contributed by atoms with Crippen molar-refractivity contribution in [1.82, 2.24) is 5.32 Å². The monoisotopic (exact) mass is 157 g/mol. The van der Waals surface area contributed by atoms with Crippen molar-refractivity contribution in [2.24, 2.45) is 5.41 Å². The molecule has 0 aromatic heterocycles. The van der Waals surface area contributed by atoms with E-state index in [9.17, 15) is 0 Å². The summed E-state index contributed by atoms with van der Waals surface area (Å²) in [6.07, 6.45) is 2.44. The van der Waals surface area contributed by atoms with Gasteiger partial charge in [0, 0.05) is 18.5 Å². The predicted octanol–water partition coefficient (Wildman–Crippen LogP) is 1.41. The zero-order valence-corrected chi connectivity index (χ0v) is 7.65. The van der Waals surface area contributed by atoms with Crippen LogP contribution in [0.2, 0.25) is 0 Å². The maximum absolute atomic E-state index is 5.53. The molecule has 0 unspecified atom stereocenters. The maximum atomic E-state index is 5.53. The van der Waals surface area contributed by atoms with Gasteiger partial charge < -0.3 is 10.1 Å². The topological polar surface area (TPSA) is 21.3 Å². The summed E-state index contributed by atoms with van der Waals surface area (Å²) in [6.45, 7) is 8.45. The van der Waals surface area contributed by atoms with Gasteiger partial charge in [-0.1, -0.05) is 13.8 Å². The Morgan fingerprint density at radius 1 is 1.36 bits per heavy atom. The fourth-order valence-corrected chi connectivity index (χ4v) is 1.54. The number of rotatable bonds is 2. The summed E-state index contributed by atoms with van der Waals surface area (Å²) in [5.74, 6) is 0. The highest BCUT2D eigenvalue weighted by molar-refractivity contribution is 4.80. The third-order valence-corrected chi connectivity index (χ3v) is 2.83. The summed E-state index contributed by atoms with van der Waals surface area (Å²) in [4.78, 5) is 0. The van der Waals surface area contributed by atoms with E-state index in [1.54, 1.807) is 0 Å². The molecule has 2 heteroatoms. The smallest absolute Gasteiger partial charge is 0.0591 e. The second-order valence-electron chi connectivity index (χ2n) is 3.44. The molecule has 0 atom stereocenters. The SMILES string of the molecule is CCC1(CC)CNCCOC1. The van der Waals surface area contributed by atoms with E-state index < -0.39 is 0 Å². The number of nitrogens with one attached hydrogen (secondary N) is 1. The minimum absolute atomic E-state index is 0.413. The molecular formula is C9H19NO. The zero-order valence-electron chi connectivity index (χ0n) is 7.65. The third kappa shape index (κ3) is 2.17. The number of ether oxygens (including phenoxy) is 1. The lowest BCUT2D eigenvalue weighted by Crippen LogP contribution is -2.34. The first kappa shape index (κ1) is 9.01.